The molecule has 16 heavy (non-hydrogen) atoms. The quantitative estimate of drug-likeness (QED) is 0.748. The van der Waals surface area contributed by atoms with E-state index in [1.54, 1.807) is 7.11 Å². The van der Waals surface area contributed by atoms with E-state index in [2.05, 4.69) is 10.6 Å². The van der Waals surface area contributed by atoms with Gasteiger partial charge in [-0.25, -0.2) is 0 Å². The first-order chi connectivity index (χ1) is 7.07. The summed E-state index contributed by atoms with van der Waals surface area (Å²) < 4.78 is 5.27. The van der Waals surface area contributed by atoms with Crippen molar-refractivity contribution in [1.29, 1.82) is 0 Å². The summed E-state index contributed by atoms with van der Waals surface area (Å²) in [6.07, 6.45) is 0. The fourth-order valence-electron chi connectivity index (χ4n) is 1.04. The van der Waals surface area contributed by atoms with Crippen LogP contribution in [0.1, 0.15) is 41.5 Å². The molecule has 4 nitrogen and oxygen atoms in total. The Morgan fingerprint density at radius 1 is 1.25 bits per heavy atom. The molecule has 0 saturated heterocycles. The lowest BCUT2D eigenvalue weighted by Gasteiger charge is -2.27. The van der Waals surface area contributed by atoms with E-state index in [9.17, 15) is 4.79 Å². The van der Waals surface area contributed by atoms with Gasteiger partial charge in [-0.2, -0.15) is 0 Å². The van der Waals surface area contributed by atoms with Gasteiger partial charge < -0.3 is 15.4 Å². The molecule has 1 amide bonds. The van der Waals surface area contributed by atoms with Gasteiger partial charge in [-0.05, 0) is 41.5 Å². The van der Waals surface area contributed by atoms with Crippen molar-refractivity contribution >= 4 is 5.91 Å². The SMILES string of the molecule is COC(C)(C)CNC(C)C(=O)NC(C)(C)C. The number of methoxy groups -OCH3 is 1. The Labute approximate surface area is 99.1 Å². The van der Waals surface area contributed by atoms with Crippen LogP contribution in [0.3, 0.4) is 0 Å². The van der Waals surface area contributed by atoms with Crippen molar-refractivity contribution in [3.63, 3.8) is 0 Å². The highest BCUT2D eigenvalue weighted by Crippen LogP contribution is 2.05. The summed E-state index contributed by atoms with van der Waals surface area (Å²) in [6, 6.07) is -0.214. The molecule has 0 aromatic carbocycles. The van der Waals surface area contributed by atoms with Gasteiger partial charge in [0.15, 0.2) is 0 Å². The van der Waals surface area contributed by atoms with E-state index in [0.29, 0.717) is 6.54 Å². The van der Waals surface area contributed by atoms with Gasteiger partial charge in [0.05, 0.1) is 11.6 Å². The van der Waals surface area contributed by atoms with Crippen molar-refractivity contribution in [2.75, 3.05) is 13.7 Å². The van der Waals surface area contributed by atoms with Gasteiger partial charge in [0.25, 0.3) is 0 Å². The van der Waals surface area contributed by atoms with Crippen LogP contribution < -0.4 is 10.6 Å². The Morgan fingerprint density at radius 3 is 2.12 bits per heavy atom. The smallest absolute Gasteiger partial charge is 0.237 e. The summed E-state index contributed by atoms with van der Waals surface area (Å²) in [6.45, 7) is 12.4. The van der Waals surface area contributed by atoms with Crippen LogP contribution in [0.15, 0.2) is 0 Å². The Kier molecular flexibility index (Phi) is 5.42. The molecule has 0 aliphatic carbocycles. The number of nitrogens with one attached hydrogen (secondary N) is 2. The number of rotatable bonds is 5. The van der Waals surface area contributed by atoms with Gasteiger partial charge in [-0.3, -0.25) is 4.79 Å². The molecule has 0 aromatic rings. The van der Waals surface area contributed by atoms with Crippen LogP contribution in [0, 0.1) is 0 Å². The zero-order valence-corrected chi connectivity index (χ0v) is 11.6. The fourth-order valence-corrected chi connectivity index (χ4v) is 1.04. The Hall–Kier alpha value is -0.610. The molecule has 0 radical (unpaired) electrons. The first kappa shape index (κ1) is 15.4. The van der Waals surface area contributed by atoms with Crippen LogP contribution >= 0.6 is 0 Å². The molecule has 0 saturated carbocycles. The van der Waals surface area contributed by atoms with Crippen molar-refractivity contribution in [3.8, 4) is 0 Å². The van der Waals surface area contributed by atoms with E-state index in [1.165, 1.54) is 0 Å². The van der Waals surface area contributed by atoms with E-state index < -0.39 is 0 Å². The molecule has 0 spiro atoms. The monoisotopic (exact) mass is 230 g/mol. The molecular formula is C12H26N2O2. The second-order valence-electron chi connectivity index (χ2n) is 5.81. The van der Waals surface area contributed by atoms with Crippen LogP contribution in [-0.4, -0.2) is 36.7 Å². The second kappa shape index (κ2) is 5.64. The van der Waals surface area contributed by atoms with Crippen LogP contribution in [0.25, 0.3) is 0 Å². The summed E-state index contributed by atoms with van der Waals surface area (Å²) in [4.78, 5) is 11.7. The maximum atomic E-state index is 11.7. The molecule has 0 fully saturated rings. The van der Waals surface area contributed by atoms with Crippen molar-refractivity contribution in [2.24, 2.45) is 0 Å². The van der Waals surface area contributed by atoms with Crippen molar-refractivity contribution in [1.82, 2.24) is 10.6 Å². The molecule has 0 aliphatic rings. The molecule has 0 aromatic heterocycles. The number of carbonyl (C=O) groups excluding carboxylic acids is 1. The minimum atomic E-state index is -0.254. The predicted molar refractivity (Wildman–Crippen MR) is 66.4 cm³/mol. The highest BCUT2D eigenvalue weighted by molar-refractivity contribution is 5.81. The number of amides is 1. The summed E-state index contributed by atoms with van der Waals surface area (Å²) in [5.74, 6) is 0.0133. The minimum Gasteiger partial charge on any atom is -0.377 e. The lowest BCUT2D eigenvalue weighted by molar-refractivity contribution is -0.124. The van der Waals surface area contributed by atoms with Gasteiger partial charge in [0, 0.05) is 19.2 Å². The van der Waals surface area contributed by atoms with Crippen molar-refractivity contribution in [3.05, 3.63) is 0 Å². The fraction of sp³-hybridized carbons (Fsp3) is 0.917. The number of carbonyl (C=O) groups is 1. The highest BCUT2D eigenvalue weighted by Gasteiger charge is 2.22. The van der Waals surface area contributed by atoms with Crippen molar-refractivity contribution in [2.45, 2.75) is 58.7 Å². The topological polar surface area (TPSA) is 50.4 Å². The number of hydrogen-bond donors (Lipinski definition) is 2. The second-order valence-corrected chi connectivity index (χ2v) is 5.81. The van der Waals surface area contributed by atoms with Gasteiger partial charge in [-0.1, -0.05) is 0 Å². The van der Waals surface area contributed by atoms with Crippen molar-refractivity contribution < 1.29 is 9.53 Å². The average Bonchev–Trinajstić information content (AvgIpc) is 2.11. The maximum absolute atomic E-state index is 11.7. The molecule has 0 rings (SSSR count). The van der Waals surface area contributed by atoms with Crippen LogP contribution in [-0.2, 0) is 9.53 Å². The first-order valence-electron chi connectivity index (χ1n) is 5.68. The third-order valence-corrected chi connectivity index (χ3v) is 2.28. The molecule has 0 bridgehead atoms. The van der Waals surface area contributed by atoms with E-state index in [-0.39, 0.29) is 23.1 Å². The van der Waals surface area contributed by atoms with Crippen LogP contribution in [0.4, 0.5) is 0 Å². The summed E-state index contributed by atoms with van der Waals surface area (Å²) >= 11 is 0. The summed E-state index contributed by atoms with van der Waals surface area (Å²) in [5.41, 5.74) is -0.444. The van der Waals surface area contributed by atoms with Crippen LogP contribution in [0.2, 0.25) is 0 Å². The molecule has 1 unspecified atom stereocenters. The zero-order chi connectivity index (χ0) is 13.0. The van der Waals surface area contributed by atoms with E-state index >= 15 is 0 Å². The molecule has 96 valence electrons. The number of hydrogen-bond acceptors (Lipinski definition) is 3. The van der Waals surface area contributed by atoms with Gasteiger partial charge in [0.1, 0.15) is 0 Å². The summed E-state index contributed by atoms with van der Waals surface area (Å²) in [7, 11) is 1.67. The van der Waals surface area contributed by atoms with Gasteiger partial charge in [0.2, 0.25) is 5.91 Å². The van der Waals surface area contributed by atoms with Crippen LogP contribution in [0.5, 0.6) is 0 Å². The molecule has 4 heteroatoms. The van der Waals surface area contributed by atoms with E-state index in [1.807, 2.05) is 41.5 Å². The van der Waals surface area contributed by atoms with E-state index in [4.69, 9.17) is 4.74 Å². The summed E-state index contributed by atoms with van der Waals surface area (Å²) in [5, 5.41) is 6.09. The molecule has 0 heterocycles. The minimum absolute atomic E-state index is 0.0133. The van der Waals surface area contributed by atoms with Gasteiger partial charge >= 0.3 is 0 Å². The largest absolute Gasteiger partial charge is 0.377 e. The average molecular weight is 230 g/mol. The predicted octanol–water partition coefficient (Wildman–Crippen LogP) is 1.30. The molecule has 0 aliphatic heterocycles. The highest BCUT2D eigenvalue weighted by atomic mass is 16.5. The molecule has 2 N–H and O–H groups in total. The Bertz CT molecular complexity index is 232. The Morgan fingerprint density at radius 2 is 1.75 bits per heavy atom. The molecular weight excluding hydrogens is 204 g/mol. The zero-order valence-electron chi connectivity index (χ0n) is 11.6. The third-order valence-electron chi connectivity index (χ3n) is 2.28. The Balaban J connectivity index is 4.08. The van der Waals surface area contributed by atoms with Gasteiger partial charge in [-0.15, -0.1) is 0 Å². The standard InChI is InChI=1S/C12H26N2O2/c1-9(10(15)14-11(2,3)4)13-8-12(5,6)16-7/h9,13H,8H2,1-7H3,(H,14,15). The maximum Gasteiger partial charge on any atom is 0.237 e. The first-order valence-corrected chi connectivity index (χ1v) is 5.68. The normalized spacial score (nSPS) is 14.7. The lowest BCUT2D eigenvalue weighted by atomic mass is 10.1. The third kappa shape index (κ3) is 6.80. The van der Waals surface area contributed by atoms with E-state index in [0.717, 1.165) is 0 Å². The molecule has 1 atom stereocenters. The number of ether oxygens (including phenoxy) is 1. The lowest BCUT2D eigenvalue weighted by Crippen LogP contribution is -2.52.